The second-order valence-electron chi connectivity index (χ2n) is 3.80. The number of aromatic amines is 1. The first-order valence-corrected chi connectivity index (χ1v) is 4.96. The first kappa shape index (κ1) is 10.7. The average molecular weight is 223 g/mol. The predicted molar refractivity (Wildman–Crippen MR) is 55.8 cm³/mol. The van der Waals surface area contributed by atoms with Crippen molar-refractivity contribution in [1.82, 2.24) is 15.2 Å². The second kappa shape index (κ2) is 4.00. The zero-order chi connectivity index (χ0) is 11.7. The van der Waals surface area contributed by atoms with Crippen LogP contribution in [0, 0.1) is 11.6 Å². The molecule has 2 aromatic rings. The van der Waals surface area contributed by atoms with E-state index in [0.29, 0.717) is 5.82 Å². The first-order chi connectivity index (χ1) is 7.59. The third-order valence-corrected chi connectivity index (χ3v) is 2.24. The summed E-state index contributed by atoms with van der Waals surface area (Å²) in [6, 6.07) is 3.94. The number of hydrogen-bond acceptors (Lipinski definition) is 2. The van der Waals surface area contributed by atoms with Crippen molar-refractivity contribution < 1.29 is 8.78 Å². The second-order valence-corrected chi connectivity index (χ2v) is 3.80. The molecule has 0 atom stereocenters. The summed E-state index contributed by atoms with van der Waals surface area (Å²) in [6.07, 6.45) is 0. The Kier molecular flexibility index (Phi) is 2.68. The number of benzene rings is 1. The Bertz CT molecular complexity index is 506. The van der Waals surface area contributed by atoms with Gasteiger partial charge in [0.2, 0.25) is 0 Å². The van der Waals surface area contributed by atoms with Gasteiger partial charge in [-0.1, -0.05) is 19.9 Å². The Hall–Kier alpha value is -1.78. The Morgan fingerprint density at radius 3 is 2.62 bits per heavy atom. The van der Waals surface area contributed by atoms with Crippen LogP contribution in [0.1, 0.15) is 25.6 Å². The highest BCUT2D eigenvalue weighted by Crippen LogP contribution is 2.22. The lowest BCUT2D eigenvalue weighted by Crippen LogP contribution is -1.92. The predicted octanol–water partition coefficient (Wildman–Crippen LogP) is 2.87. The maximum absolute atomic E-state index is 13.4. The normalized spacial score (nSPS) is 11.1. The number of hydrogen-bond donors (Lipinski definition) is 1. The van der Waals surface area contributed by atoms with E-state index in [2.05, 4.69) is 15.2 Å². The molecule has 5 heteroatoms. The number of nitrogens with zero attached hydrogens (tertiary/aromatic N) is 2. The van der Waals surface area contributed by atoms with Gasteiger partial charge in [0.05, 0.1) is 5.56 Å². The fourth-order valence-electron chi connectivity index (χ4n) is 1.33. The molecule has 1 N–H and O–H groups in total. The van der Waals surface area contributed by atoms with Gasteiger partial charge in [0.25, 0.3) is 0 Å². The zero-order valence-electron chi connectivity index (χ0n) is 8.96. The van der Waals surface area contributed by atoms with Gasteiger partial charge in [-0.3, -0.25) is 5.10 Å². The molecule has 0 saturated carbocycles. The Morgan fingerprint density at radius 1 is 1.25 bits per heavy atom. The molecule has 0 spiro atoms. The molecular weight excluding hydrogens is 212 g/mol. The molecule has 0 aliphatic rings. The standard InChI is InChI=1S/C11H11F2N3/c1-6(2)10-14-11(16-15-10)7-4-3-5-8(12)9(7)13/h3-6H,1-2H3,(H,14,15,16). The molecule has 16 heavy (non-hydrogen) atoms. The van der Waals surface area contributed by atoms with E-state index in [0.717, 1.165) is 6.07 Å². The quantitative estimate of drug-likeness (QED) is 0.850. The summed E-state index contributed by atoms with van der Waals surface area (Å²) in [5, 5.41) is 6.57. The van der Waals surface area contributed by atoms with Crippen molar-refractivity contribution >= 4 is 0 Å². The van der Waals surface area contributed by atoms with Gasteiger partial charge in [-0.05, 0) is 12.1 Å². The lowest BCUT2D eigenvalue weighted by atomic mass is 10.2. The van der Waals surface area contributed by atoms with E-state index in [4.69, 9.17) is 0 Å². The number of nitrogens with one attached hydrogen (secondary N) is 1. The van der Waals surface area contributed by atoms with Gasteiger partial charge >= 0.3 is 0 Å². The van der Waals surface area contributed by atoms with E-state index in [1.54, 1.807) is 0 Å². The highest BCUT2D eigenvalue weighted by Gasteiger charge is 2.14. The average Bonchev–Trinajstić information content (AvgIpc) is 2.71. The van der Waals surface area contributed by atoms with Crippen molar-refractivity contribution in [3.05, 3.63) is 35.7 Å². The van der Waals surface area contributed by atoms with Crippen molar-refractivity contribution in [2.24, 2.45) is 0 Å². The van der Waals surface area contributed by atoms with Crippen molar-refractivity contribution in [2.75, 3.05) is 0 Å². The van der Waals surface area contributed by atoms with Crippen LogP contribution in [-0.4, -0.2) is 15.2 Å². The summed E-state index contributed by atoms with van der Waals surface area (Å²) < 4.78 is 26.4. The van der Waals surface area contributed by atoms with Crippen LogP contribution in [0.25, 0.3) is 11.4 Å². The van der Waals surface area contributed by atoms with Gasteiger partial charge in [0.15, 0.2) is 17.5 Å². The summed E-state index contributed by atoms with van der Waals surface area (Å²) >= 11 is 0. The van der Waals surface area contributed by atoms with Crippen LogP contribution in [0.4, 0.5) is 8.78 Å². The van der Waals surface area contributed by atoms with Gasteiger partial charge in [-0.15, -0.1) is 0 Å². The summed E-state index contributed by atoms with van der Waals surface area (Å²) in [6.45, 7) is 3.87. The van der Waals surface area contributed by atoms with E-state index < -0.39 is 11.6 Å². The smallest absolute Gasteiger partial charge is 0.184 e. The molecule has 0 bridgehead atoms. The van der Waals surface area contributed by atoms with Gasteiger partial charge in [0.1, 0.15) is 5.82 Å². The van der Waals surface area contributed by atoms with Crippen LogP contribution in [0.5, 0.6) is 0 Å². The van der Waals surface area contributed by atoms with Gasteiger partial charge < -0.3 is 0 Å². The van der Waals surface area contributed by atoms with Gasteiger partial charge in [-0.25, -0.2) is 13.8 Å². The van der Waals surface area contributed by atoms with E-state index >= 15 is 0 Å². The van der Waals surface area contributed by atoms with Crippen LogP contribution in [0.15, 0.2) is 18.2 Å². The summed E-state index contributed by atoms with van der Waals surface area (Å²) in [5.74, 6) is -0.817. The fraction of sp³-hybridized carbons (Fsp3) is 0.273. The first-order valence-electron chi connectivity index (χ1n) is 4.96. The van der Waals surface area contributed by atoms with Crippen LogP contribution < -0.4 is 0 Å². The van der Waals surface area contributed by atoms with Crippen LogP contribution in [0.2, 0.25) is 0 Å². The number of rotatable bonds is 2. The minimum atomic E-state index is -0.920. The largest absolute Gasteiger partial charge is 0.262 e. The topological polar surface area (TPSA) is 41.6 Å². The fourth-order valence-corrected chi connectivity index (χ4v) is 1.33. The molecule has 1 aromatic carbocycles. The Morgan fingerprint density at radius 2 is 2.00 bits per heavy atom. The molecule has 84 valence electrons. The van der Waals surface area contributed by atoms with Crippen molar-refractivity contribution in [3.8, 4) is 11.4 Å². The van der Waals surface area contributed by atoms with Gasteiger partial charge in [-0.2, -0.15) is 5.10 Å². The molecular formula is C11H11F2N3. The molecule has 0 fully saturated rings. The van der Waals surface area contributed by atoms with Gasteiger partial charge in [0, 0.05) is 5.92 Å². The molecule has 0 amide bonds. The van der Waals surface area contributed by atoms with Crippen LogP contribution in [-0.2, 0) is 0 Å². The highest BCUT2D eigenvalue weighted by molar-refractivity contribution is 5.55. The van der Waals surface area contributed by atoms with Crippen LogP contribution >= 0.6 is 0 Å². The SMILES string of the molecule is CC(C)c1nc(-c2cccc(F)c2F)n[nH]1. The third-order valence-electron chi connectivity index (χ3n) is 2.24. The maximum Gasteiger partial charge on any atom is 0.184 e. The lowest BCUT2D eigenvalue weighted by molar-refractivity contribution is 0.510. The van der Waals surface area contributed by atoms with Crippen LogP contribution in [0.3, 0.4) is 0 Å². The monoisotopic (exact) mass is 223 g/mol. The highest BCUT2D eigenvalue weighted by atomic mass is 19.2. The molecule has 0 unspecified atom stereocenters. The van der Waals surface area contributed by atoms with E-state index in [1.807, 2.05) is 13.8 Å². The molecule has 0 aliphatic carbocycles. The summed E-state index contributed by atoms with van der Waals surface area (Å²) in [5.41, 5.74) is 0.0724. The van der Waals surface area contributed by atoms with Crippen molar-refractivity contribution in [3.63, 3.8) is 0 Å². The molecule has 0 aliphatic heterocycles. The summed E-state index contributed by atoms with van der Waals surface area (Å²) in [7, 11) is 0. The minimum absolute atomic E-state index is 0.0724. The Balaban J connectivity index is 2.47. The molecule has 1 heterocycles. The number of aromatic nitrogens is 3. The maximum atomic E-state index is 13.4. The van der Waals surface area contributed by atoms with E-state index in [-0.39, 0.29) is 17.3 Å². The van der Waals surface area contributed by atoms with Crippen molar-refractivity contribution in [2.45, 2.75) is 19.8 Å². The number of H-pyrrole nitrogens is 1. The number of halogens is 2. The minimum Gasteiger partial charge on any atom is -0.262 e. The molecule has 0 saturated heterocycles. The molecule has 2 rings (SSSR count). The Labute approximate surface area is 91.5 Å². The third kappa shape index (κ3) is 1.80. The lowest BCUT2D eigenvalue weighted by Gasteiger charge is -1.98. The zero-order valence-corrected chi connectivity index (χ0v) is 8.96. The molecule has 0 radical (unpaired) electrons. The van der Waals surface area contributed by atoms with Crippen molar-refractivity contribution in [1.29, 1.82) is 0 Å². The molecule has 3 nitrogen and oxygen atoms in total. The summed E-state index contributed by atoms with van der Waals surface area (Å²) in [4.78, 5) is 4.11. The van der Waals surface area contributed by atoms with E-state index in [9.17, 15) is 8.78 Å². The van der Waals surface area contributed by atoms with E-state index in [1.165, 1.54) is 12.1 Å². The molecule has 1 aromatic heterocycles.